The van der Waals surface area contributed by atoms with Crippen LogP contribution in [0, 0.1) is 5.92 Å². The molecule has 1 N–H and O–H groups in total. The predicted molar refractivity (Wildman–Crippen MR) is 134 cm³/mol. The summed E-state index contributed by atoms with van der Waals surface area (Å²) in [5, 5.41) is 2.82. The summed E-state index contributed by atoms with van der Waals surface area (Å²) in [6.07, 6.45) is 0.116. The second-order valence-electron chi connectivity index (χ2n) is 8.48. The van der Waals surface area contributed by atoms with E-state index in [1.165, 1.54) is 14.2 Å². The summed E-state index contributed by atoms with van der Waals surface area (Å²) >= 11 is 0. The van der Waals surface area contributed by atoms with Crippen molar-refractivity contribution in [1.82, 2.24) is 5.32 Å². The Morgan fingerprint density at radius 1 is 0.714 bits per heavy atom. The number of carbonyl (C=O) groups excluding carboxylic acids is 3. The topological polar surface area (TPSA) is 81.7 Å². The van der Waals surface area contributed by atoms with Crippen LogP contribution in [0.1, 0.15) is 36.5 Å². The predicted octanol–water partition coefficient (Wildman–Crippen LogP) is 4.27. The van der Waals surface area contributed by atoms with Gasteiger partial charge in [0.1, 0.15) is 6.04 Å². The standard InChI is InChI=1S/C29H31NO5/c1-21(27(32)34-2)19-25(28(33)35-3)30-26(31)20-29(22-13-7-4-8-14-22,23-15-9-5-10-16-23)24-17-11-6-12-18-24/h4-18,21,25H,19-20H2,1-3H3,(H,30,31)/t21-,25-/m0/s1. The maximum atomic E-state index is 13.6. The van der Waals surface area contributed by atoms with Crippen molar-refractivity contribution < 1.29 is 23.9 Å². The van der Waals surface area contributed by atoms with Crippen molar-refractivity contribution in [3.05, 3.63) is 108 Å². The molecule has 0 spiro atoms. The van der Waals surface area contributed by atoms with Gasteiger partial charge >= 0.3 is 11.9 Å². The maximum Gasteiger partial charge on any atom is 0.328 e. The van der Waals surface area contributed by atoms with Crippen LogP contribution in [0.15, 0.2) is 91.0 Å². The van der Waals surface area contributed by atoms with Gasteiger partial charge in [-0.25, -0.2) is 4.79 Å². The van der Waals surface area contributed by atoms with Gasteiger partial charge in [0.2, 0.25) is 5.91 Å². The molecule has 0 radical (unpaired) electrons. The van der Waals surface area contributed by atoms with Gasteiger partial charge in [0, 0.05) is 6.42 Å². The molecule has 35 heavy (non-hydrogen) atoms. The number of hydrogen-bond acceptors (Lipinski definition) is 5. The Balaban J connectivity index is 2.04. The van der Waals surface area contributed by atoms with Crippen LogP contribution in [0.4, 0.5) is 0 Å². The Labute approximate surface area is 206 Å². The van der Waals surface area contributed by atoms with E-state index in [4.69, 9.17) is 9.47 Å². The van der Waals surface area contributed by atoms with Crippen LogP contribution >= 0.6 is 0 Å². The van der Waals surface area contributed by atoms with Crippen LogP contribution in [-0.2, 0) is 29.3 Å². The van der Waals surface area contributed by atoms with Crippen LogP contribution in [0.2, 0.25) is 0 Å². The molecule has 0 saturated carbocycles. The third kappa shape index (κ3) is 5.96. The molecule has 0 unspecified atom stereocenters. The number of benzene rings is 3. The molecule has 0 aliphatic carbocycles. The molecule has 3 aromatic carbocycles. The van der Waals surface area contributed by atoms with Crippen LogP contribution in [0.25, 0.3) is 0 Å². The molecule has 3 rings (SSSR count). The minimum Gasteiger partial charge on any atom is -0.469 e. The highest BCUT2D eigenvalue weighted by Gasteiger charge is 2.39. The third-order valence-electron chi connectivity index (χ3n) is 6.24. The van der Waals surface area contributed by atoms with Crippen molar-refractivity contribution in [1.29, 1.82) is 0 Å². The maximum absolute atomic E-state index is 13.6. The molecule has 0 aliphatic heterocycles. The Morgan fingerprint density at radius 3 is 1.49 bits per heavy atom. The van der Waals surface area contributed by atoms with E-state index >= 15 is 0 Å². The highest BCUT2D eigenvalue weighted by molar-refractivity contribution is 5.86. The van der Waals surface area contributed by atoms with Crippen LogP contribution in [0.5, 0.6) is 0 Å². The first kappa shape index (κ1) is 25.7. The van der Waals surface area contributed by atoms with E-state index in [0.717, 1.165) is 16.7 Å². The monoisotopic (exact) mass is 473 g/mol. The van der Waals surface area contributed by atoms with Crippen molar-refractivity contribution in [3.63, 3.8) is 0 Å². The summed E-state index contributed by atoms with van der Waals surface area (Å²) in [5.41, 5.74) is 2.04. The van der Waals surface area contributed by atoms with Crippen LogP contribution < -0.4 is 5.32 Å². The molecular formula is C29H31NO5. The van der Waals surface area contributed by atoms with Gasteiger partial charge in [-0.3, -0.25) is 9.59 Å². The molecule has 6 heteroatoms. The molecular weight excluding hydrogens is 442 g/mol. The van der Waals surface area contributed by atoms with E-state index in [1.807, 2.05) is 91.0 Å². The van der Waals surface area contributed by atoms with Crippen molar-refractivity contribution in [2.75, 3.05) is 14.2 Å². The second kappa shape index (κ2) is 12.0. The Bertz CT molecular complexity index is 1020. The fourth-order valence-electron chi connectivity index (χ4n) is 4.47. The number of methoxy groups -OCH3 is 2. The van der Waals surface area contributed by atoms with Crippen LogP contribution in [0.3, 0.4) is 0 Å². The minimum absolute atomic E-state index is 0.0468. The number of nitrogens with one attached hydrogen (secondary N) is 1. The first-order chi connectivity index (χ1) is 16.9. The van der Waals surface area contributed by atoms with Crippen molar-refractivity contribution in [2.24, 2.45) is 5.92 Å². The normalized spacial score (nSPS) is 12.8. The van der Waals surface area contributed by atoms with E-state index in [0.29, 0.717) is 0 Å². The molecule has 3 aromatic rings. The number of esters is 2. The largest absolute Gasteiger partial charge is 0.469 e. The minimum atomic E-state index is -0.985. The van der Waals surface area contributed by atoms with Crippen molar-refractivity contribution in [3.8, 4) is 0 Å². The smallest absolute Gasteiger partial charge is 0.328 e. The molecule has 0 saturated heterocycles. The van der Waals surface area contributed by atoms with E-state index in [2.05, 4.69) is 5.32 Å². The van der Waals surface area contributed by atoms with Crippen molar-refractivity contribution in [2.45, 2.75) is 31.2 Å². The van der Waals surface area contributed by atoms with Gasteiger partial charge in [0.05, 0.1) is 25.6 Å². The van der Waals surface area contributed by atoms with E-state index in [9.17, 15) is 14.4 Å². The van der Waals surface area contributed by atoms with Crippen LogP contribution in [-0.4, -0.2) is 38.1 Å². The number of hydrogen-bond donors (Lipinski definition) is 1. The average molecular weight is 474 g/mol. The van der Waals surface area contributed by atoms with Gasteiger partial charge in [-0.2, -0.15) is 0 Å². The van der Waals surface area contributed by atoms with E-state index in [1.54, 1.807) is 6.92 Å². The molecule has 0 aromatic heterocycles. The number of amides is 1. The Hall–Kier alpha value is -3.93. The van der Waals surface area contributed by atoms with E-state index < -0.39 is 29.3 Å². The summed E-state index contributed by atoms with van der Waals surface area (Å²) in [6.45, 7) is 1.65. The number of carbonyl (C=O) groups is 3. The second-order valence-corrected chi connectivity index (χ2v) is 8.48. The lowest BCUT2D eigenvalue weighted by molar-refractivity contribution is -0.149. The average Bonchev–Trinajstić information content (AvgIpc) is 2.91. The zero-order valence-corrected chi connectivity index (χ0v) is 20.3. The molecule has 0 heterocycles. The Morgan fingerprint density at radius 2 is 1.11 bits per heavy atom. The van der Waals surface area contributed by atoms with Gasteiger partial charge in [0.25, 0.3) is 0 Å². The number of ether oxygens (including phenoxy) is 2. The van der Waals surface area contributed by atoms with Gasteiger partial charge in [0.15, 0.2) is 0 Å². The zero-order chi connectivity index (χ0) is 25.3. The first-order valence-corrected chi connectivity index (χ1v) is 11.5. The van der Waals surface area contributed by atoms with Gasteiger partial charge in [-0.05, 0) is 23.1 Å². The zero-order valence-electron chi connectivity index (χ0n) is 20.3. The SMILES string of the molecule is COC(=O)[C@H](C[C@H](C)C(=O)OC)NC(=O)CC(c1ccccc1)(c1ccccc1)c1ccccc1. The molecule has 2 atom stereocenters. The molecule has 0 aliphatic rings. The molecule has 1 amide bonds. The lowest BCUT2D eigenvalue weighted by atomic mass is 9.67. The van der Waals surface area contributed by atoms with Gasteiger partial charge in [-0.15, -0.1) is 0 Å². The third-order valence-corrected chi connectivity index (χ3v) is 6.24. The highest BCUT2D eigenvalue weighted by Crippen LogP contribution is 2.42. The Kier molecular flexibility index (Phi) is 8.79. The quantitative estimate of drug-likeness (QED) is 0.351. The molecule has 0 fully saturated rings. The lowest BCUT2D eigenvalue weighted by Gasteiger charge is -2.36. The first-order valence-electron chi connectivity index (χ1n) is 11.5. The molecule has 182 valence electrons. The summed E-state index contributed by atoms with van der Waals surface area (Å²) in [6, 6.07) is 28.5. The summed E-state index contributed by atoms with van der Waals surface area (Å²) in [4.78, 5) is 38.0. The highest BCUT2D eigenvalue weighted by atomic mass is 16.5. The summed E-state index contributed by atoms with van der Waals surface area (Å²) in [5.74, 6) is -2.00. The van der Waals surface area contributed by atoms with Gasteiger partial charge in [-0.1, -0.05) is 97.9 Å². The number of rotatable bonds is 10. The molecule has 6 nitrogen and oxygen atoms in total. The summed E-state index contributed by atoms with van der Waals surface area (Å²) in [7, 11) is 2.55. The fourth-order valence-corrected chi connectivity index (χ4v) is 4.47. The summed E-state index contributed by atoms with van der Waals surface area (Å²) < 4.78 is 9.69. The van der Waals surface area contributed by atoms with E-state index in [-0.39, 0.29) is 18.7 Å². The molecule has 0 bridgehead atoms. The van der Waals surface area contributed by atoms with Gasteiger partial charge < -0.3 is 14.8 Å². The fraction of sp³-hybridized carbons (Fsp3) is 0.276. The lowest BCUT2D eigenvalue weighted by Crippen LogP contribution is -2.46. The van der Waals surface area contributed by atoms with Crippen molar-refractivity contribution >= 4 is 17.8 Å².